The van der Waals surface area contributed by atoms with Gasteiger partial charge in [-0.3, -0.25) is 4.79 Å². The van der Waals surface area contributed by atoms with Gasteiger partial charge in [0.25, 0.3) is 5.91 Å². The topological polar surface area (TPSA) is 60.9 Å². The van der Waals surface area contributed by atoms with Gasteiger partial charge in [0.2, 0.25) is 0 Å². The summed E-state index contributed by atoms with van der Waals surface area (Å²) >= 11 is 0. The lowest BCUT2D eigenvalue weighted by Crippen LogP contribution is -2.11. The summed E-state index contributed by atoms with van der Waals surface area (Å²) in [5.41, 5.74) is 4.91. The van der Waals surface area contributed by atoms with Crippen molar-refractivity contribution in [1.29, 1.82) is 0 Å². The molecule has 1 amide bonds. The number of hydrogen-bond donors (Lipinski definition) is 1. The van der Waals surface area contributed by atoms with Gasteiger partial charge < -0.3 is 10.3 Å². The SMILES string of the molecule is NC(=O)c1cn(-c2cc(F)c(F)c(F)c2)cn1. The van der Waals surface area contributed by atoms with E-state index in [-0.39, 0.29) is 11.4 Å². The molecule has 0 aliphatic rings. The lowest BCUT2D eigenvalue weighted by Gasteiger charge is -2.03. The van der Waals surface area contributed by atoms with Crippen LogP contribution in [0.15, 0.2) is 24.7 Å². The van der Waals surface area contributed by atoms with Gasteiger partial charge in [-0.25, -0.2) is 18.2 Å². The van der Waals surface area contributed by atoms with Crippen LogP contribution in [0.5, 0.6) is 0 Å². The highest BCUT2D eigenvalue weighted by atomic mass is 19.2. The first-order valence-electron chi connectivity index (χ1n) is 4.47. The molecule has 0 fully saturated rings. The normalized spacial score (nSPS) is 10.5. The summed E-state index contributed by atoms with van der Waals surface area (Å²) in [5.74, 6) is -4.97. The molecule has 7 heteroatoms. The summed E-state index contributed by atoms with van der Waals surface area (Å²) in [6.45, 7) is 0. The monoisotopic (exact) mass is 241 g/mol. The Bertz CT molecular complexity index is 571. The van der Waals surface area contributed by atoms with Crippen molar-refractivity contribution in [2.45, 2.75) is 0 Å². The Labute approximate surface area is 93.5 Å². The number of nitrogens with two attached hydrogens (primary N) is 1. The van der Waals surface area contributed by atoms with E-state index in [4.69, 9.17) is 5.73 Å². The second-order valence-corrected chi connectivity index (χ2v) is 3.25. The molecule has 0 bridgehead atoms. The molecule has 2 rings (SSSR count). The number of imidazole rings is 1. The molecular weight excluding hydrogens is 235 g/mol. The number of carbonyl (C=O) groups excluding carboxylic acids is 1. The highest BCUT2D eigenvalue weighted by molar-refractivity contribution is 5.90. The first kappa shape index (κ1) is 11.2. The number of amides is 1. The van der Waals surface area contributed by atoms with E-state index < -0.39 is 23.4 Å². The Kier molecular flexibility index (Phi) is 2.58. The molecule has 2 N–H and O–H groups in total. The van der Waals surface area contributed by atoms with E-state index in [0.29, 0.717) is 0 Å². The predicted molar refractivity (Wildman–Crippen MR) is 52.0 cm³/mol. The minimum Gasteiger partial charge on any atom is -0.364 e. The fourth-order valence-electron chi connectivity index (χ4n) is 1.28. The van der Waals surface area contributed by atoms with E-state index in [1.165, 1.54) is 6.20 Å². The fourth-order valence-corrected chi connectivity index (χ4v) is 1.28. The maximum absolute atomic E-state index is 13.0. The second kappa shape index (κ2) is 3.93. The van der Waals surface area contributed by atoms with Crippen LogP contribution in [0, 0.1) is 17.5 Å². The third kappa shape index (κ3) is 1.99. The number of primary amides is 1. The quantitative estimate of drug-likeness (QED) is 0.807. The molecule has 2 aromatic rings. The predicted octanol–water partition coefficient (Wildman–Crippen LogP) is 1.39. The smallest absolute Gasteiger partial charge is 0.268 e. The van der Waals surface area contributed by atoms with Gasteiger partial charge in [-0.15, -0.1) is 0 Å². The number of nitrogens with zero attached hydrogens (tertiary/aromatic N) is 2. The summed E-state index contributed by atoms with van der Waals surface area (Å²) in [5, 5.41) is 0. The molecule has 1 aromatic carbocycles. The molecule has 0 aliphatic heterocycles. The maximum atomic E-state index is 13.0. The Balaban J connectivity index is 2.49. The first-order chi connectivity index (χ1) is 7.99. The Hall–Kier alpha value is -2.31. The van der Waals surface area contributed by atoms with Gasteiger partial charge >= 0.3 is 0 Å². The minimum absolute atomic E-state index is 0.00130. The van der Waals surface area contributed by atoms with Gasteiger partial charge in [0, 0.05) is 18.3 Å². The number of aromatic nitrogens is 2. The molecule has 0 radical (unpaired) electrons. The van der Waals surface area contributed by atoms with Crippen molar-refractivity contribution in [2.24, 2.45) is 5.73 Å². The van der Waals surface area contributed by atoms with Gasteiger partial charge in [0.1, 0.15) is 12.0 Å². The number of carbonyl (C=O) groups is 1. The summed E-state index contributed by atoms with van der Waals surface area (Å²) in [7, 11) is 0. The van der Waals surface area contributed by atoms with Crippen LogP contribution in [-0.4, -0.2) is 15.5 Å². The zero-order valence-electron chi connectivity index (χ0n) is 8.32. The Morgan fingerprint density at radius 1 is 1.24 bits per heavy atom. The summed E-state index contributed by atoms with van der Waals surface area (Å²) < 4.78 is 39.8. The van der Waals surface area contributed by atoms with Gasteiger partial charge in [-0.2, -0.15) is 0 Å². The van der Waals surface area contributed by atoms with Crippen LogP contribution in [-0.2, 0) is 0 Å². The first-order valence-corrected chi connectivity index (χ1v) is 4.47. The highest BCUT2D eigenvalue weighted by Gasteiger charge is 2.12. The van der Waals surface area contributed by atoms with Crippen molar-refractivity contribution in [1.82, 2.24) is 9.55 Å². The second-order valence-electron chi connectivity index (χ2n) is 3.25. The third-order valence-corrected chi connectivity index (χ3v) is 2.10. The largest absolute Gasteiger partial charge is 0.364 e. The lowest BCUT2D eigenvalue weighted by molar-refractivity contribution is 0.0996. The minimum atomic E-state index is -1.55. The van der Waals surface area contributed by atoms with Crippen molar-refractivity contribution in [3.05, 3.63) is 47.8 Å². The Morgan fingerprint density at radius 2 is 1.82 bits per heavy atom. The summed E-state index contributed by atoms with van der Waals surface area (Å²) in [6.07, 6.45) is 2.33. The van der Waals surface area contributed by atoms with Crippen LogP contribution in [0.4, 0.5) is 13.2 Å². The van der Waals surface area contributed by atoms with Gasteiger partial charge in [-0.1, -0.05) is 0 Å². The molecule has 1 aromatic heterocycles. The highest BCUT2D eigenvalue weighted by Crippen LogP contribution is 2.17. The molecule has 0 saturated heterocycles. The lowest BCUT2D eigenvalue weighted by atomic mass is 10.3. The standard InChI is InChI=1S/C10H6F3N3O/c11-6-1-5(2-7(12)9(6)13)16-3-8(10(14)17)15-4-16/h1-4H,(H2,14,17). The average Bonchev–Trinajstić information content (AvgIpc) is 2.74. The van der Waals surface area contributed by atoms with E-state index >= 15 is 0 Å². The number of rotatable bonds is 2. The number of benzene rings is 1. The van der Waals surface area contributed by atoms with Crippen LogP contribution in [0.1, 0.15) is 10.5 Å². The Morgan fingerprint density at radius 3 is 2.29 bits per heavy atom. The molecule has 1 heterocycles. The fraction of sp³-hybridized carbons (Fsp3) is 0. The van der Waals surface area contributed by atoms with Crippen molar-refractivity contribution in [2.75, 3.05) is 0 Å². The van der Waals surface area contributed by atoms with Crippen molar-refractivity contribution in [3.63, 3.8) is 0 Å². The van der Waals surface area contributed by atoms with E-state index in [1.807, 2.05) is 0 Å². The van der Waals surface area contributed by atoms with Crippen molar-refractivity contribution in [3.8, 4) is 5.69 Å². The molecule has 0 saturated carbocycles. The summed E-state index contributed by atoms with van der Waals surface area (Å²) in [4.78, 5) is 14.4. The molecule has 4 nitrogen and oxygen atoms in total. The average molecular weight is 241 g/mol. The van der Waals surface area contributed by atoms with Crippen LogP contribution in [0.2, 0.25) is 0 Å². The third-order valence-electron chi connectivity index (χ3n) is 2.10. The molecule has 88 valence electrons. The maximum Gasteiger partial charge on any atom is 0.268 e. The van der Waals surface area contributed by atoms with Crippen LogP contribution >= 0.6 is 0 Å². The van der Waals surface area contributed by atoms with Crippen molar-refractivity contribution < 1.29 is 18.0 Å². The van der Waals surface area contributed by atoms with E-state index in [0.717, 1.165) is 23.0 Å². The van der Waals surface area contributed by atoms with Crippen LogP contribution in [0.25, 0.3) is 5.69 Å². The van der Waals surface area contributed by atoms with Crippen molar-refractivity contribution >= 4 is 5.91 Å². The van der Waals surface area contributed by atoms with Gasteiger partial charge in [0.15, 0.2) is 17.5 Å². The zero-order valence-corrected chi connectivity index (χ0v) is 8.32. The van der Waals surface area contributed by atoms with E-state index in [2.05, 4.69) is 4.98 Å². The summed E-state index contributed by atoms with van der Waals surface area (Å²) in [6, 6.07) is 1.57. The zero-order chi connectivity index (χ0) is 12.6. The molecule has 0 atom stereocenters. The molecule has 0 spiro atoms. The molecule has 0 aliphatic carbocycles. The van der Waals surface area contributed by atoms with Crippen LogP contribution in [0.3, 0.4) is 0 Å². The van der Waals surface area contributed by atoms with Gasteiger partial charge in [0.05, 0.1) is 5.69 Å². The molecule has 17 heavy (non-hydrogen) atoms. The molecular formula is C10H6F3N3O. The van der Waals surface area contributed by atoms with E-state index in [1.54, 1.807) is 0 Å². The molecule has 0 unspecified atom stereocenters. The number of halogens is 3. The van der Waals surface area contributed by atoms with Gasteiger partial charge in [-0.05, 0) is 0 Å². The number of hydrogen-bond acceptors (Lipinski definition) is 2. The van der Waals surface area contributed by atoms with Crippen LogP contribution < -0.4 is 5.73 Å². The van der Waals surface area contributed by atoms with E-state index in [9.17, 15) is 18.0 Å².